The van der Waals surface area contributed by atoms with Crippen LogP contribution in [0.15, 0.2) is 29.2 Å². The highest BCUT2D eigenvalue weighted by Gasteiger charge is 2.31. The summed E-state index contributed by atoms with van der Waals surface area (Å²) in [6, 6.07) is 6.62. The standard InChI is InChI=1S/C21H27ClN4O4S/c1-14-19(21(28)26-12-4-3-5-13-26)20(15(2)24-14)31(29,30)23-11-10-18(27)25-17-8-6-16(22)7-9-17/h6-9,23-24H,3-5,10-13H2,1-2H3,(H,25,27). The molecule has 0 saturated carbocycles. The predicted octanol–water partition coefficient (Wildman–Crippen LogP) is 3.22. The highest BCUT2D eigenvalue weighted by atomic mass is 35.5. The van der Waals surface area contributed by atoms with E-state index in [9.17, 15) is 18.0 Å². The number of benzene rings is 1. The molecular formula is C21H27ClN4O4S. The van der Waals surface area contributed by atoms with Crippen LogP contribution in [0.4, 0.5) is 5.69 Å². The van der Waals surface area contributed by atoms with Crippen LogP contribution >= 0.6 is 11.6 Å². The molecule has 1 aromatic heterocycles. The Morgan fingerprint density at radius 2 is 1.71 bits per heavy atom. The van der Waals surface area contributed by atoms with Crippen LogP contribution in [-0.2, 0) is 14.8 Å². The highest BCUT2D eigenvalue weighted by Crippen LogP contribution is 2.26. The Balaban J connectivity index is 1.68. The lowest BCUT2D eigenvalue weighted by atomic mass is 10.1. The number of piperidine rings is 1. The van der Waals surface area contributed by atoms with Crippen LogP contribution < -0.4 is 10.0 Å². The molecule has 0 bridgehead atoms. The molecule has 0 radical (unpaired) electrons. The number of amides is 2. The molecule has 1 saturated heterocycles. The summed E-state index contributed by atoms with van der Waals surface area (Å²) in [5, 5.41) is 3.24. The molecule has 1 aliphatic heterocycles. The molecule has 3 N–H and O–H groups in total. The topological polar surface area (TPSA) is 111 Å². The average molecular weight is 467 g/mol. The van der Waals surface area contributed by atoms with Crippen LogP contribution in [0.3, 0.4) is 0 Å². The number of aryl methyl sites for hydroxylation is 2. The molecule has 31 heavy (non-hydrogen) atoms. The number of nitrogens with one attached hydrogen (secondary N) is 3. The van der Waals surface area contributed by atoms with Crippen LogP contribution in [0, 0.1) is 13.8 Å². The minimum absolute atomic E-state index is 0.0429. The minimum atomic E-state index is -3.98. The van der Waals surface area contributed by atoms with E-state index in [1.807, 2.05) is 0 Å². The van der Waals surface area contributed by atoms with E-state index in [1.165, 1.54) is 0 Å². The number of nitrogens with zero attached hydrogens (tertiary/aromatic N) is 1. The first-order valence-corrected chi connectivity index (χ1v) is 12.1. The van der Waals surface area contributed by atoms with Crippen molar-refractivity contribution in [2.45, 2.75) is 44.4 Å². The fraction of sp³-hybridized carbons (Fsp3) is 0.429. The van der Waals surface area contributed by atoms with Crippen LogP contribution in [-0.4, -0.2) is 49.8 Å². The van der Waals surface area contributed by atoms with Crippen LogP contribution in [0.2, 0.25) is 5.02 Å². The third kappa shape index (κ3) is 5.66. The molecule has 8 nitrogen and oxygen atoms in total. The quantitative estimate of drug-likeness (QED) is 0.581. The summed E-state index contributed by atoms with van der Waals surface area (Å²) in [6.45, 7) is 4.48. The number of hydrogen-bond acceptors (Lipinski definition) is 4. The van der Waals surface area contributed by atoms with Gasteiger partial charge < -0.3 is 15.2 Å². The normalized spacial score (nSPS) is 14.5. The number of H-pyrrole nitrogens is 1. The van der Waals surface area contributed by atoms with E-state index in [-0.39, 0.29) is 35.2 Å². The van der Waals surface area contributed by atoms with Crippen molar-refractivity contribution in [3.8, 4) is 0 Å². The molecule has 1 aliphatic rings. The number of hydrogen-bond donors (Lipinski definition) is 3. The SMILES string of the molecule is Cc1[nH]c(C)c(S(=O)(=O)NCCC(=O)Nc2ccc(Cl)cc2)c1C(=O)N1CCCCC1. The maximum absolute atomic E-state index is 13.1. The van der Waals surface area contributed by atoms with Gasteiger partial charge in [-0.15, -0.1) is 0 Å². The number of carbonyl (C=O) groups excluding carboxylic acids is 2. The van der Waals surface area contributed by atoms with E-state index in [4.69, 9.17) is 11.6 Å². The van der Waals surface area contributed by atoms with Gasteiger partial charge in [0.2, 0.25) is 15.9 Å². The summed E-state index contributed by atoms with van der Waals surface area (Å²) in [7, 11) is -3.98. The number of aromatic nitrogens is 1. The van der Waals surface area contributed by atoms with E-state index in [1.54, 1.807) is 43.0 Å². The summed E-state index contributed by atoms with van der Waals surface area (Å²) in [5.41, 5.74) is 1.67. The second-order valence-electron chi connectivity index (χ2n) is 7.63. The number of likely N-dealkylation sites (tertiary alicyclic amines) is 1. The van der Waals surface area contributed by atoms with Crippen molar-refractivity contribution >= 4 is 39.1 Å². The first-order valence-electron chi connectivity index (χ1n) is 10.2. The van der Waals surface area contributed by atoms with E-state index < -0.39 is 10.0 Å². The fourth-order valence-corrected chi connectivity index (χ4v) is 5.34. The second-order valence-corrected chi connectivity index (χ2v) is 9.78. The molecule has 0 atom stereocenters. The van der Waals surface area contributed by atoms with Gasteiger partial charge in [0.15, 0.2) is 0 Å². The molecule has 2 heterocycles. The van der Waals surface area contributed by atoms with Gasteiger partial charge in [0, 0.05) is 48.2 Å². The van der Waals surface area contributed by atoms with Crippen molar-refractivity contribution in [3.05, 3.63) is 46.2 Å². The van der Waals surface area contributed by atoms with Crippen molar-refractivity contribution in [3.63, 3.8) is 0 Å². The lowest BCUT2D eigenvalue weighted by Crippen LogP contribution is -2.37. The summed E-state index contributed by atoms with van der Waals surface area (Å²) < 4.78 is 28.5. The zero-order valence-corrected chi connectivity index (χ0v) is 19.2. The number of halogens is 1. The Morgan fingerprint density at radius 3 is 2.35 bits per heavy atom. The van der Waals surface area contributed by atoms with Gasteiger partial charge in [-0.25, -0.2) is 13.1 Å². The molecule has 0 unspecified atom stereocenters. The third-order valence-corrected chi connectivity index (χ3v) is 7.10. The Morgan fingerprint density at radius 1 is 1.06 bits per heavy atom. The molecule has 1 aromatic carbocycles. The summed E-state index contributed by atoms with van der Waals surface area (Å²) in [5.74, 6) is -0.612. The largest absolute Gasteiger partial charge is 0.361 e. The summed E-state index contributed by atoms with van der Waals surface area (Å²) >= 11 is 5.82. The van der Waals surface area contributed by atoms with E-state index in [2.05, 4.69) is 15.0 Å². The molecule has 168 valence electrons. The van der Waals surface area contributed by atoms with Gasteiger partial charge in [-0.1, -0.05) is 11.6 Å². The zero-order valence-electron chi connectivity index (χ0n) is 17.6. The first-order chi connectivity index (χ1) is 14.7. The third-order valence-electron chi connectivity index (χ3n) is 5.22. The Kier molecular flexibility index (Phi) is 7.40. The zero-order chi connectivity index (χ0) is 22.6. The van der Waals surface area contributed by atoms with Gasteiger partial charge in [0.05, 0.1) is 5.56 Å². The van der Waals surface area contributed by atoms with Crippen LogP contribution in [0.5, 0.6) is 0 Å². The molecular weight excluding hydrogens is 440 g/mol. The Labute approximate surface area is 187 Å². The molecule has 2 aromatic rings. The smallest absolute Gasteiger partial charge is 0.257 e. The van der Waals surface area contributed by atoms with Crippen molar-refractivity contribution in [1.29, 1.82) is 0 Å². The minimum Gasteiger partial charge on any atom is -0.361 e. The average Bonchev–Trinajstić information content (AvgIpc) is 3.04. The van der Waals surface area contributed by atoms with Crippen molar-refractivity contribution < 1.29 is 18.0 Å². The molecule has 0 spiro atoms. The second kappa shape index (κ2) is 9.84. The van der Waals surface area contributed by atoms with Gasteiger partial charge in [-0.05, 0) is 57.4 Å². The van der Waals surface area contributed by atoms with Crippen LogP contribution in [0.1, 0.15) is 47.4 Å². The summed E-state index contributed by atoms with van der Waals surface area (Å²) in [6.07, 6.45) is 2.84. The number of aromatic amines is 1. The van der Waals surface area contributed by atoms with Gasteiger partial charge in [-0.2, -0.15) is 0 Å². The van der Waals surface area contributed by atoms with Crippen molar-refractivity contribution in [2.24, 2.45) is 0 Å². The Bertz CT molecular complexity index is 1060. The summed E-state index contributed by atoms with van der Waals surface area (Å²) in [4.78, 5) is 29.8. The van der Waals surface area contributed by atoms with Crippen molar-refractivity contribution in [1.82, 2.24) is 14.6 Å². The van der Waals surface area contributed by atoms with E-state index in [0.717, 1.165) is 19.3 Å². The number of rotatable bonds is 7. The van der Waals surface area contributed by atoms with E-state index >= 15 is 0 Å². The van der Waals surface area contributed by atoms with Gasteiger partial charge in [0.1, 0.15) is 4.90 Å². The fourth-order valence-electron chi connectivity index (χ4n) is 3.73. The van der Waals surface area contributed by atoms with E-state index in [0.29, 0.717) is 35.2 Å². The highest BCUT2D eigenvalue weighted by molar-refractivity contribution is 7.89. The van der Waals surface area contributed by atoms with Gasteiger partial charge in [0.25, 0.3) is 5.91 Å². The lowest BCUT2D eigenvalue weighted by molar-refractivity contribution is -0.116. The lowest BCUT2D eigenvalue weighted by Gasteiger charge is -2.27. The Hall–Kier alpha value is -2.36. The van der Waals surface area contributed by atoms with Crippen molar-refractivity contribution in [2.75, 3.05) is 25.0 Å². The van der Waals surface area contributed by atoms with Crippen LogP contribution in [0.25, 0.3) is 0 Å². The first kappa shape index (κ1) is 23.3. The number of carbonyl (C=O) groups is 2. The number of anilines is 1. The monoisotopic (exact) mass is 466 g/mol. The molecule has 0 aliphatic carbocycles. The van der Waals surface area contributed by atoms with Gasteiger partial charge >= 0.3 is 0 Å². The molecule has 1 fully saturated rings. The van der Waals surface area contributed by atoms with Gasteiger partial charge in [-0.3, -0.25) is 9.59 Å². The molecule has 2 amide bonds. The maximum atomic E-state index is 13.1. The molecule has 10 heteroatoms. The maximum Gasteiger partial charge on any atom is 0.257 e. The number of sulfonamides is 1. The predicted molar refractivity (Wildman–Crippen MR) is 120 cm³/mol. The molecule has 3 rings (SSSR count).